The monoisotopic (exact) mass is 139 g/mol. The molecule has 0 atom stereocenters. The van der Waals surface area contributed by atoms with Gasteiger partial charge in [0.1, 0.15) is 0 Å². The Morgan fingerprint density at radius 2 is 2.50 bits per heavy atom. The molecule has 0 bridgehead atoms. The molecule has 0 spiro atoms. The van der Waals surface area contributed by atoms with Crippen LogP contribution in [0, 0.1) is 0 Å². The third-order valence-corrected chi connectivity index (χ3v) is 1.36. The first-order chi connectivity index (χ1) is 4.86. The van der Waals surface area contributed by atoms with E-state index in [4.69, 9.17) is 5.73 Å². The fraction of sp³-hybridized carbons (Fsp3) is 0.571. The van der Waals surface area contributed by atoms with E-state index in [-0.39, 0.29) is 0 Å². The molecular weight excluding hydrogens is 126 g/mol. The summed E-state index contributed by atoms with van der Waals surface area (Å²) in [6.07, 6.45) is 3.08. The average Bonchev–Trinajstić information content (AvgIpc) is 2.37. The third kappa shape index (κ3) is 1.57. The zero-order chi connectivity index (χ0) is 7.40. The van der Waals surface area contributed by atoms with Gasteiger partial charge in [-0.15, -0.1) is 0 Å². The van der Waals surface area contributed by atoms with Crippen LogP contribution in [0.25, 0.3) is 0 Å². The van der Waals surface area contributed by atoms with Crippen LogP contribution in [0.2, 0.25) is 0 Å². The van der Waals surface area contributed by atoms with Crippen molar-refractivity contribution in [2.75, 3.05) is 0 Å². The van der Waals surface area contributed by atoms with Crippen molar-refractivity contribution < 1.29 is 0 Å². The van der Waals surface area contributed by atoms with Crippen LogP contribution in [0.1, 0.15) is 19.0 Å². The molecule has 1 aromatic rings. The summed E-state index contributed by atoms with van der Waals surface area (Å²) in [7, 11) is 0. The van der Waals surface area contributed by atoms with E-state index in [1.165, 1.54) is 0 Å². The normalized spacial score (nSPS) is 10.2. The topological polar surface area (TPSA) is 43.8 Å². The van der Waals surface area contributed by atoms with Gasteiger partial charge >= 0.3 is 0 Å². The van der Waals surface area contributed by atoms with Gasteiger partial charge in [0.05, 0.1) is 5.69 Å². The van der Waals surface area contributed by atoms with Gasteiger partial charge in [0, 0.05) is 19.3 Å². The fourth-order valence-electron chi connectivity index (χ4n) is 0.866. The number of rotatable bonds is 3. The van der Waals surface area contributed by atoms with Gasteiger partial charge in [0.2, 0.25) is 0 Å². The molecule has 0 saturated carbocycles. The van der Waals surface area contributed by atoms with Gasteiger partial charge in [-0.1, -0.05) is 6.92 Å². The summed E-state index contributed by atoms with van der Waals surface area (Å²) in [5.41, 5.74) is 6.35. The Hall–Kier alpha value is -0.830. The highest BCUT2D eigenvalue weighted by Gasteiger charge is 1.93. The van der Waals surface area contributed by atoms with Gasteiger partial charge in [0.25, 0.3) is 0 Å². The summed E-state index contributed by atoms with van der Waals surface area (Å²) in [5.74, 6) is 0. The molecule has 0 unspecified atom stereocenters. The second kappa shape index (κ2) is 3.37. The highest BCUT2D eigenvalue weighted by atomic mass is 15.3. The molecule has 56 valence electrons. The third-order valence-electron chi connectivity index (χ3n) is 1.36. The zero-order valence-electron chi connectivity index (χ0n) is 6.25. The lowest BCUT2D eigenvalue weighted by Crippen LogP contribution is -2.01. The number of hydrogen-bond acceptors (Lipinski definition) is 2. The SMILES string of the molecule is CCCn1ccc(CN)n1. The van der Waals surface area contributed by atoms with Crippen LogP contribution in [0.4, 0.5) is 0 Å². The number of aromatic nitrogens is 2. The van der Waals surface area contributed by atoms with Gasteiger partial charge in [0.15, 0.2) is 0 Å². The maximum Gasteiger partial charge on any atom is 0.0760 e. The van der Waals surface area contributed by atoms with Crippen LogP contribution < -0.4 is 5.73 Å². The molecule has 0 amide bonds. The summed E-state index contributed by atoms with van der Waals surface area (Å²) in [6, 6.07) is 1.95. The maximum atomic E-state index is 5.38. The van der Waals surface area contributed by atoms with Crippen molar-refractivity contribution in [3.05, 3.63) is 18.0 Å². The Kier molecular flexibility index (Phi) is 2.45. The van der Waals surface area contributed by atoms with Crippen molar-refractivity contribution in [1.29, 1.82) is 0 Å². The molecule has 0 fully saturated rings. The standard InChI is InChI=1S/C7H13N3/c1-2-4-10-5-3-7(6-8)9-10/h3,5H,2,4,6,8H2,1H3. The van der Waals surface area contributed by atoms with Crippen LogP contribution in [0.15, 0.2) is 12.3 Å². The summed E-state index contributed by atoms with van der Waals surface area (Å²) in [6.45, 7) is 3.65. The first-order valence-electron chi connectivity index (χ1n) is 3.59. The van der Waals surface area contributed by atoms with Gasteiger partial charge in [-0.05, 0) is 12.5 Å². The molecule has 2 N–H and O–H groups in total. The van der Waals surface area contributed by atoms with Crippen molar-refractivity contribution in [3.8, 4) is 0 Å². The zero-order valence-corrected chi connectivity index (χ0v) is 6.25. The quantitative estimate of drug-likeness (QED) is 0.671. The van der Waals surface area contributed by atoms with Gasteiger partial charge in [-0.2, -0.15) is 5.10 Å². The minimum absolute atomic E-state index is 0.538. The predicted octanol–water partition coefficient (Wildman–Crippen LogP) is 0.752. The molecule has 1 heterocycles. The van der Waals surface area contributed by atoms with E-state index in [1.807, 2.05) is 16.9 Å². The molecule has 1 rings (SSSR count). The lowest BCUT2D eigenvalue weighted by atomic mass is 10.4. The van der Waals surface area contributed by atoms with Crippen molar-refractivity contribution in [3.63, 3.8) is 0 Å². The molecular formula is C7H13N3. The van der Waals surface area contributed by atoms with E-state index >= 15 is 0 Å². The number of aryl methyl sites for hydroxylation is 1. The summed E-state index contributed by atoms with van der Waals surface area (Å²) < 4.78 is 1.92. The van der Waals surface area contributed by atoms with Crippen molar-refractivity contribution in [2.45, 2.75) is 26.4 Å². The molecule has 0 aliphatic rings. The average molecular weight is 139 g/mol. The second-order valence-corrected chi connectivity index (χ2v) is 2.27. The maximum absolute atomic E-state index is 5.38. The van der Waals surface area contributed by atoms with E-state index in [9.17, 15) is 0 Å². The summed E-state index contributed by atoms with van der Waals surface area (Å²) in [5, 5.41) is 4.21. The van der Waals surface area contributed by atoms with Crippen molar-refractivity contribution in [2.24, 2.45) is 5.73 Å². The van der Waals surface area contributed by atoms with Gasteiger partial charge in [-0.25, -0.2) is 0 Å². The Morgan fingerprint density at radius 3 is 3.00 bits per heavy atom. The number of nitrogens with two attached hydrogens (primary N) is 1. The molecule has 10 heavy (non-hydrogen) atoms. The molecule has 0 radical (unpaired) electrons. The molecule has 1 aromatic heterocycles. The van der Waals surface area contributed by atoms with E-state index in [0.29, 0.717) is 6.54 Å². The minimum atomic E-state index is 0.538. The minimum Gasteiger partial charge on any atom is -0.325 e. The van der Waals surface area contributed by atoms with Gasteiger partial charge < -0.3 is 5.73 Å². The molecule has 0 aliphatic carbocycles. The highest BCUT2D eigenvalue weighted by Crippen LogP contribution is 1.94. The first kappa shape index (κ1) is 7.28. The van der Waals surface area contributed by atoms with Crippen molar-refractivity contribution >= 4 is 0 Å². The van der Waals surface area contributed by atoms with Crippen LogP contribution in [0.3, 0.4) is 0 Å². The van der Waals surface area contributed by atoms with Crippen LogP contribution in [-0.2, 0) is 13.1 Å². The van der Waals surface area contributed by atoms with Crippen LogP contribution in [-0.4, -0.2) is 9.78 Å². The van der Waals surface area contributed by atoms with Crippen LogP contribution in [0.5, 0.6) is 0 Å². The fourth-order valence-corrected chi connectivity index (χ4v) is 0.866. The van der Waals surface area contributed by atoms with Crippen molar-refractivity contribution in [1.82, 2.24) is 9.78 Å². The Morgan fingerprint density at radius 1 is 1.70 bits per heavy atom. The number of hydrogen-bond donors (Lipinski definition) is 1. The highest BCUT2D eigenvalue weighted by molar-refractivity contribution is 4.97. The predicted molar refractivity (Wildman–Crippen MR) is 40.4 cm³/mol. The second-order valence-electron chi connectivity index (χ2n) is 2.27. The molecule has 0 aromatic carbocycles. The Bertz CT molecular complexity index is 192. The lowest BCUT2D eigenvalue weighted by Gasteiger charge is -1.94. The summed E-state index contributed by atoms with van der Waals surface area (Å²) >= 11 is 0. The largest absolute Gasteiger partial charge is 0.325 e. The lowest BCUT2D eigenvalue weighted by molar-refractivity contribution is 0.594. The summed E-state index contributed by atoms with van der Waals surface area (Å²) in [4.78, 5) is 0. The van der Waals surface area contributed by atoms with E-state index in [2.05, 4.69) is 12.0 Å². The molecule has 0 saturated heterocycles. The van der Waals surface area contributed by atoms with E-state index in [1.54, 1.807) is 0 Å². The van der Waals surface area contributed by atoms with E-state index < -0.39 is 0 Å². The molecule has 3 nitrogen and oxygen atoms in total. The number of nitrogens with zero attached hydrogens (tertiary/aromatic N) is 2. The molecule has 0 aliphatic heterocycles. The van der Waals surface area contributed by atoms with Crippen LogP contribution >= 0.6 is 0 Å². The Balaban J connectivity index is 2.59. The first-order valence-corrected chi connectivity index (χ1v) is 3.59. The Labute approximate surface area is 60.8 Å². The molecule has 3 heteroatoms. The van der Waals surface area contributed by atoms with Gasteiger partial charge in [-0.3, -0.25) is 4.68 Å². The smallest absolute Gasteiger partial charge is 0.0760 e. The van der Waals surface area contributed by atoms with E-state index in [0.717, 1.165) is 18.7 Å².